The number of rotatable bonds is 3. The molecule has 4 nitrogen and oxygen atoms in total. The maximum atomic E-state index is 12.6. The van der Waals surface area contributed by atoms with Crippen molar-refractivity contribution in [2.75, 3.05) is 10.5 Å². The number of hydrogen-bond donors (Lipinski definition) is 2. The summed E-state index contributed by atoms with van der Waals surface area (Å²) in [5, 5.41) is 0.465. The number of nitrogens with two attached hydrogens (primary N) is 1. The average Bonchev–Trinajstić information content (AvgIpc) is 2.35. The zero-order valence-electron chi connectivity index (χ0n) is 12.1. The summed E-state index contributed by atoms with van der Waals surface area (Å²) < 4.78 is 27.8. The maximum absolute atomic E-state index is 12.6. The monoisotopic (exact) mass is 324 g/mol. The predicted molar refractivity (Wildman–Crippen MR) is 87.3 cm³/mol. The Labute approximate surface area is 130 Å². The molecule has 0 heterocycles. The van der Waals surface area contributed by atoms with Gasteiger partial charge in [0.25, 0.3) is 10.0 Å². The van der Waals surface area contributed by atoms with E-state index in [1.807, 2.05) is 6.92 Å². The van der Waals surface area contributed by atoms with Gasteiger partial charge in [0.15, 0.2) is 0 Å². The first-order chi connectivity index (χ1) is 9.72. The van der Waals surface area contributed by atoms with Crippen LogP contribution in [0.25, 0.3) is 0 Å². The number of sulfonamides is 1. The number of anilines is 2. The number of nitrogens with one attached hydrogen (secondary N) is 1. The molecule has 3 N–H and O–H groups in total. The zero-order valence-corrected chi connectivity index (χ0v) is 13.6. The van der Waals surface area contributed by atoms with E-state index in [2.05, 4.69) is 4.72 Å². The van der Waals surface area contributed by atoms with Crippen LogP contribution in [-0.2, 0) is 10.0 Å². The van der Waals surface area contributed by atoms with Gasteiger partial charge in [0.05, 0.1) is 10.6 Å². The molecule has 112 valence electrons. The fourth-order valence-corrected chi connectivity index (χ4v) is 4.08. The second-order valence-electron chi connectivity index (χ2n) is 4.99. The molecule has 21 heavy (non-hydrogen) atoms. The molecule has 0 atom stereocenters. The SMILES string of the molecule is Cc1cc(C)c(S(=O)(=O)Nc2cccc(Cl)c2)c(C)c1N. The Morgan fingerprint density at radius 3 is 2.38 bits per heavy atom. The van der Waals surface area contributed by atoms with Crippen molar-refractivity contribution in [2.45, 2.75) is 25.7 Å². The van der Waals surface area contributed by atoms with E-state index in [9.17, 15) is 8.42 Å². The number of hydrogen-bond acceptors (Lipinski definition) is 3. The summed E-state index contributed by atoms with van der Waals surface area (Å²) in [6.45, 7) is 5.32. The summed E-state index contributed by atoms with van der Waals surface area (Å²) in [6, 6.07) is 8.34. The van der Waals surface area contributed by atoms with Gasteiger partial charge in [0, 0.05) is 10.7 Å². The Balaban J connectivity index is 2.53. The second kappa shape index (κ2) is 5.58. The molecule has 0 saturated heterocycles. The van der Waals surface area contributed by atoms with E-state index in [4.69, 9.17) is 17.3 Å². The lowest BCUT2D eigenvalue weighted by atomic mass is 10.1. The standard InChI is InChI=1S/C15H17ClN2O2S/c1-9-7-10(2)15(11(3)14(9)17)21(19,20)18-13-6-4-5-12(16)8-13/h4-8,18H,17H2,1-3H3. The van der Waals surface area contributed by atoms with Gasteiger partial charge >= 0.3 is 0 Å². The smallest absolute Gasteiger partial charge is 0.262 e. The highest BCUT2D eigenvalue weighted by molar-refractivity contribution is 7.92. The Kier molecular flexibility index (Phi) is 4.16. The molecule has 2 rings (SSSR count). The molecular formula is C15H17ClN2O2S. The van der Waals surface area contributed by atoms with Crippen molar-refractivity contribution in [2.24, 2.45) is 0 Å². The lowest BCUT2D eigenvalue weighted by molar-refractivity contribution is 0.600. The number of benzene rings is 2. The minimum Gasteiger partial charge on any atom is -0.398 e. The first kappa shape index (κ1) is 15.7. The molecule has 0 aliphatic carbocycles. The average molecular weight is 325 g/mol. The molecule has 0 unspecified atom stereocenters. The van der Waals surface area contributed by atoms with E-state index in [0.29, 0.717) is 27.5 Å². The van der Waals surface area contributed by atoms with Crippen LogP contribution in [0.15, 0.2) is 35.2 Å². The van der Waals surface area contributed by atoms with Gasteiger partial charge in [-0.2, -0.15) is 0 Å². The van der Waals surface area contributed by atoms with Crippen LogP contribution in [0.1, 0.15) is 16.7 Å². The fourth-order valence-electron chi connectivity index (χ4n) is 2.35. The fraction of sp³-hybridized carbons (Fsp3) is 0.200. The summed E-state index contributed by atoms with van der Waals surface area (Å²) in [5.41, 5.74) is 8.95. The van der Waals surface area contributed by atoms with Gasteiger partial charge in [0.2, 0.25) is 0 Å². The number of nitrogen functional groups attached to an aromatic ring is 1. The van der Waals surface area contributed by atoms with Crippen LogP contribution >= 0.6 is 11.6 Å². The number of aryl methyl sites for hydroxylation is 2. The van der Waals surface area contributed by atoms with Gasteiger partial charge in [0.1, 0.15) is 0 Å². The first-order valence-corrected chi connectivity index (χ1v) is 8.23. The van der Waals surface area contributed by atoms with Crippen molar-refractivity contribution in [1.82, 2.24) is 0 Å². The van der Waals surface area contributed by atoms with Gasteiger partial charge in [-0.1, -0.05) is 23.7 Å². The molecule has 0 aliphatic rings. The van der Waals surface area contributed by atoms with E-state index in [1.165, 1.54) is 0 Å². The molecule has 0 fully saturated rings. The highest BCUT2D eigenvalue weighted by Crippen LogP contribution is 2.29. The summed E-state index contributed by atoms with van der Waals surface area (Å²) in [5.74, 6) is 0. The summed E-state index contributed by atoms with van der Waals surface area (Å²) >= 11 is 5.87. The Bertz CT molecular complexity index is 802. The highest BCUT2D eigenvalue weighted by Gasteiger charge is 2.22. The molecule has 0 spiro atoms. The predicted octanol–water partition coefficient (Wildman–Crippen LogP) is 3.65. The first-order valence-electron chi connectivity index (χ1n) is 6.37. The van der Waals surface area contributed by atoms with Gasteiger partial charge in [-0.15, -0.1) is 0 Å². The van der Waals surface area contributed by atoms with Crippen molar-refractivity contribution >= 4 is 33.0 Å². The molecule has 0 bridgehead atoms. The van der Waals surface area contributed by atoms with Crippen LogP contribution < -0.4 is 10.5 Å². The Morgan fingerprint density at radius 1 is 1.10 bits per heavy atom. The molecule has 6 heteroatoms. The van der Waals surface area contributed by atoms with Crippen LogP contribution in [-0.4, -0.2) is 8.42 Å². The van der Waals surface area contributed by atoms with Crippen molar-refractivity contribution < 1.29 is 8.42 Å². The Hall–Kier alpha value is -1.72. The van der Waals surface area contributed by atoms with E-state index >= 15 is 0 Å². The lowest BCUT2D eigenvalue weighted by Gasteiger charge is -2.16. The van der Waals surface area contributed by atoms with Gasteiger partial charge in [-0.3, -0.25) is 4.72 Å². The van der Waals surface area contributed by atoms with E-state index < -0.39 is 10.0 Å². The van der Waals surface area contributed by atoms with E-state index in [1.54, 1.807) is 44.2 Å². The zero-order chi connectivity index (χ0) is 15.8. The molecule has 2 aromatic carbocycles. The second-order valence-corrected chi connectivity index (χ2v) is 7.05. The highest BCUT2D eigenvalue weighted by atomic mass is 35.5. The van der Waals surface area contributed by atoms with E-state index in [-0.39, 0.29) is 4.90 Å². The molecule has 2 aromatic rings. The van der Waals surface area contributed by atoms with Crippen molar-refractivity contribution in [3.05, 3.63) is 52.0 Å². The maximum Gasteiger partial charge on any atom is 0.262 e. The largest absolute Gasteiger partial charge is 0.398 e. The quantitative estimate of drug-likeness (QED) is 0.846. The van der Waals surface area contributed by atoms with Crippen LogP contribution in [0, 0.1) is 20.8 Å². The minimum atomic E-state index is -3.72. The van der Waals surface area contributed by atoms with Crippen LogP contribution in [0.5, 0.6) is 0 Å². The minimum absolute atomic E-state index is 0.213. The van der Waals surface area contributed by atoms with Gasteiger partial charge in [-0.05, 0) is 55.7 Å². The number of halogens is 1. The third-order valence-electron chi connectivity index (χ3n) is 3.31. The third kappa shape index (κ3) is 3.14. The normalized spacial score (nSPS) is 11.4. The van der Waals surface area contributed by atoms with Gasteiger partial charge in [-0.25, -0.2) is 8.42 Å². The van der Waals surface area contributed by atoms with Crippen LogP contribution in [0.3, 0.4) is 0 Å². The molecule has 0 aliphatic heterocycles. The van der Waals surface area contributed by atoms with Crippen molar-refractivity contribution in [3.63, 3.8) is 0 Å². The van der Waals surface area contributed by atoms with E-state index in [0.717, 1.165) is 5.56 Å². The molecule has 0 radical (unpaired) electrons. The molecule has 0 saturated carbocycles. The molecule has 0 amide bonds. The van der Waals surface area contributed by atoms with Crippen molar-refractivity contribution in [3.8, 4) is 0 Å². The van der Waals surface area contributed by atoms with Crippen LogP contribution in [0.4, 0.5) is 11.4 Å². The van der Waals surface area contributed by atoms with Gasteiger partial charge < -0.3 is 5.73 Å². The topological polar surface area (TPSA) is 72.2 Å². The Morgan fingerprint density at radius 2 is 1.76 bits per heavy atom. The van der Waals surface area contributed by atoms with Crippen molar-refractivity contribution in [1.29, 1.82) is 0 Å². The summed E-state index contributed by atoms with van der Waals surface area (Å²) in [6.07, 6.45) is 0. The summed E-state index contributed by atoms with van der Waals surface area (Å²) in [4.78, 5) is 0.213. The third-order valence-corrected chi connectivity index (χ3v) is 5.21. The molecular weight excluding hydrogens is 308 g/mol. The van der Waals surface area contributed by atoms with Crippen LogP contribution in [0.2, 0.25) is 5.02 Å². The molecule has 0 aromatic heterocycles. The lowest BCUT2D eigenvalue weighted by Crippen LogP contribution is -2.17. The summed E-state index contributed by atoms with van der Waals surface area (Å²) in [7, 11) is -3.72.